The predicted molar refractivity (Wildman–Crippen MR) is 81.6 cm³/mol. The monoisotopic (exact) mass is 360 g/mol. The lowest BCUT2D eigenvalue weighted by Crippen LogP contribution is -2.42. The number of halogens is 2. The number of benzene rings is 1. The second-order valence-corrected chi connectivity index (χ2v) is 5.99. The summed E-state index contributed by atoms with van der Waals surface area (Å²) < 4.78 is 14.1. The van der Waals surface area contributed by atoms with Crippen LogP contribution in [0.1, 0.15) is 20.3 Å². The van der Waals surface area contributed by atoms with Gasteiger partial charge in [-0.05, 0) is 30.5 Å². The molecule has 1 aromatic carbocycles. The van der Waals surface area contributed by atoms with Gasteiger partial charge in [0.05, 0.1) is 12.2 Å². The molecule has 0 aliphatic heterocycles. The summed E-state index contributed by atoms with van der Waals surface area (Å²) in [5, 5.41) is 14.1. The third kappa shape index (κ3) is 6.22. The maximum Gasteiger partial charge on any atom is 0.320 e. The number of hydrogen-bond acceptors (Lipinski definition) is 3. The van der Waals surface area contributed by atoms with E-state index in [1.165, 1.54) is 12.1 Å². The van der Waals surface area contributed by atoms with Crippen molar-refractivity contribution in [2.75, 3.05) is 11.9 Å². The summed E-state index contributed by atoms with van der Waals surface area (Å²) in [4.78, 5) is 22.8. The Balaban J connectivity index is 2.54. The summed E-state index contributed by atoms with van der Waals surface area (Å²) in [5.74, 6) is -1.88. The van der Waals surface area contributed by atoms with Crippen molar-refractivity contribution < 1.29 is 19.1 Å². The van der Waals surface area contributed by atoms with E-state index in [1.54, 1.807) is 6.07 Å². The normalized spacial score (nSPS) is 12.2. The number of rotatable bonds is 7. The van der Waals surface area contributed by atoms with Crippen molar-refractivity contribution in [2.24, 2.45) is 5.92 Å². The third-order valence-corrected chi connectivity index (χ3v) is 3.21. The molecule has 0 radical (unpaired) electrons. The fourth-order valence-corrected chi connectivity index (χ4v) is 2.08. The zero-order chi connectivity index (χ0) is 16.0. The van der Waals surface area contributed by atoms with E-state index in [-0.39, 0.29) is 18.2 Å². The van der Waals surface area contributed by atoms with E-state index in [1.807, 2.05) is 13.8 Å². The Morgan fingerprint density at radius 3 is 2.57 bits per heavy atom. The Labute approximate surface area is 131 Å². The van der Waals surface area contributed by atoms with E-state index in [0.29, 0.717) is 10.9 Å². The third-order valence-electron chi connectivity index (χ3n) is 2.72. The van der Waals surface area contributed by atoms with Gasteiger partial charge in [-0.3, -0.25) is 14.9 Å². The Morgan fingerprint density at radius 1 is 1.38 bits per heavy atom. The van der Waals surface area contributed by atoms with Gasteiger partial charge in [-0.2, -0.15) is 0 Å². The molecule has 21 heavy (non-hydrogen) atoms. The van der Waals surface area contributed by atoms with Crippen LogP contribution in [0, 0.1) is 11.7 Å². The summed E-state index contributed by atoms with van der Waals surface area (Å²) in [6.45, 7) is 3.60. The van der Waals surface area contributed by atoms with Crippen LogP contribution in [0.15, 0.2) is 22.7 Å². The first kappa shape index (κ1) is 17.6. The number of carboxylic acids is 1. The molecule has 0 aromatic heterocycles. The molecule has 0 aliphatic rings. The molecule has 1 aromatic rings. The molecule has 5 nitrogen and oxygen atoms in total. The highest BCUT2D eigenvalue weighted by Gasteiger charge is 2.19. The van der Waals surface area contributed by atoms with Crippen molar-refractivity contribution in [2.45, 2.75) is 26.3 Å². The molecule has 0 bridgehead atoms. The Bertz CT molecular complexity index is 523. The molecule has 0 spiro atoms. The first-order chi connectivity index (χ1) is 9.79. The molecule has 1 atom stereocenters. The number of hydrogen-bond donors (Lipinski definition) is 3. The second kappa shape index (κ2) is 8.09. The number of carbonyl (C=O) groups excluding carboxylic acids is 1. The molecule has 0 aliphatic carbocycles. The largest absolute Gasteiger partial charge is 0.480 e. The molecule has 0 saturated carbocycles. The fourth-order valence-electron chi connectivity index (χ4n) is 1.74. The van der Waals surface area contributed by atoms with Crippen molar-refractivity contribution in [3.63, 3.8) is 0 Å². The van der Waals surface area contributed by atoms with Crippen LogP contribution >= 0.6 is 15.9 Å². The van der Waals surface area contributed by atoms with Gasteiger partial charge in [0.15, 0.2) is 0 Å². The molecule has 0 fully saturated rings. The Kier molecular flexibility index (Phi) is 6.77. The maximum atomic E-state index is 13.6. The van der Waals surface area contributed by atoms with Crippen molar-refractivity contribution in [1.82, 2.24) is 5.32 Å². The molecular formula is C14H18BrFN2O3. The minimum Gasteiger partial charge on any atom is -0.480 e. The quantitative estimate of drug-likeness (QED) is 0.698. The number of carboxylic acid groups (broad SMARTS) is 1. The van der Waals surface area contributed by atoms with Crippen molar-refractivity contribution in [1.29, 1.82) is 0 Å². The minimum atomic E-state index is -1.01. The van der Waals surface area contributed by atoms with Gasteiger partial charge < -0.3 is 10.4 Å². The van der Waals surface area contributed by atoms with Gasteiger partial charge in [0.2, 0.25) is 5.91 Å². The summed E-state index contributed by atoms with van der Waals surface area (Å²) >= 11 is 3.12. The first-order valence-corrected chi connectivity index (χ1v) is 7.30. The highest BCUT2D eigenvalue weighted by atomic mass is 79.9. The van der Waals surface area contributed by atoms with E-state index < -0.39 is 23.7 Å². The van der Waals surface area contributed by atoms with Crippen LogP contribution in [-0.2, 0) is 9.59 Å². The van der Waals surface area contributed by atoms with Gasteiger partial charge in [-0.1, -0.05) is 29.8 Å². The summed E-state index contributed by atoms with van der Waals surface area (Å²) in [6.07, 6.45) is 0.412. The molecule has 0 saturated heterocycles. The number of anilines is 1. The molecule has 7 heteroatoms. The Morgan fingerprint density at radius 2 is 2.05 bits per heavy atom. The maximum absolute atomic E-state index is 13.6. The zero-order valence-electron chi connectivity index (χ0n) is 11.8. The van der Waals surface area contributed by atoms with Crippen LogP contribution < -0.4 is 10.6 Å². The van der Waals surface area contributed by atoms with Crippen LogP contribution in [0.4, 0.5) is 10.1 Å². The highest BCUT2D eigenvalue weighted by molar-refractivity contribution is 9.10. The van der Waals surface area contributed by atoms with Crippen molar-refractivity contribution in [3.05, 3.63) is 28.5 Å². The molecule has 116 valence electrons. The van der Waals surface area contributed by atoms with Gasteiger partial charge in [-0.25, -0.2) is 4.39 Å². The minimum absolute atomic E-state index is 0.0562. The van der Waals surface area contributed by atoms with E-state index in [4.69, 9.17) is 5.11 Å². The van der Waals surface area contributed by atoms with E-state index >= 15 is 0 Å². The lowest BCUT2D eigenvalue weighted by molar-refractivity contribution is -0.139. The van der Waals surface area contributed by atoms with Crippen molar-refractivity contribution in [3.8, 4) is 0 Å². The molecule has 1 amide bonds. The second-order valence-electron chi connectivity index (χ2n) is 5.07. The van der Waals surface area contributed by atoms with Crippen LogP contribution in [0.25, 0.3) is 0 Å². The lowest BCUT2D eigenvalue weighted by atomic mass is 10.0. The molecule has 0 heterocycles. The van der Waals surface area contributed by atoms with Crippen molar-refractivity contribution >= 4 is 33.5 Å². The Hall–Kier alpha value is -1.47. The smallest absolute Gasteiger partial charge is 0.320 e. The van der Waals surface area contributed by atoms with Crippen LogP contribution in [0.2, 0.25) is 0 Å². The summed E-state index contributed by atoms with van der Waals surface area (Å²) in [6, 6.07) is 3.47. The highest BCUT2D eigenvalue weighted by Crippen LogP contribution is 2.19. The molecular weight excluding hydrogens is 343 g/mol. The van der Waals surface area contributed by atoms with E-state index in [0.717, 1.165) is 0 Å². The van der Waals surface area contributed by atoms with E-state index in [9.17, 15) is 14.0 Å². The van der Waals surface area contributed by atoms with Gasteiger partial charge in [0.25, 0.3) is 0 Å². The lowest BCUT2D eigenvalue weighted by Gasteiger charge is -2.16. The van der Waals surface area contributed by atoms with Gasteiger partial charge in [-0.15, -0.1) is 0 Å². The standard InChI is InChI=1S/C14H18BrFN2O3/c1-8(2)5-12(14(20)21)17-7-13(19)18-11-4-3-9(15)6-10(11)16/h3-4,6,8,12,17H,5,7H2,1-2H3,(H,18,19)(H,20,21). The van der Waals surface area contributed by atoms with Crippen LogP contribution in [-0.4, -0.2) is 29.6 Å². The molecule has 1 rings (SSSR count). The average Bonchev–Trinajstić information content (AvgIpc) is 2.37. The number of aliphatic carboxylic acids is 1. The van der Waals surface area contributed by atoms with Crippen LogP contribution in [0.5, 0.6) is 0 Å². The average molecular weight is 361 g/mol. The summed E-state index contributed by atoms with van der Waals surface area (Å²) in [5.41, 5.74) is 0.0562. The van der Waals surface area contributed by atoms with Gasteiger partial charge in [0, 0.05) is 4.47 Å². The number of nitrogens with one attached hydrogen (secondary N) is 2. The fraction of sp³-hybridized carbons (Fsp3) is 0.429. The van der Waals surface area contributed by atoms with E-state index in [2.05, 4.69) is 26.6 Å². The van der Waals surface area contributed by atoms with Crippen LogP contribution in [0.3, 0.4) is 0 Å². The summed E-state index contributed by atoms with van der Waals surface area (Å²) in [7, 11) is 0. The number of carbonyl (C=O) groups is 2. The SMILES string of the molecule is CC(C)CC(NCC(=O)Nc1ccc(Br)cc1F)C(=O)O. The first-order valence-electron chi connectivity index (χ1n) is 6.50. The topological polar surface area (TPSA) is 78.4 Å². The van der Waals surface area contributed by atoms with Gasteiger partial charge in [0.1, 0.15) is 11.9 Å². The zero-order valence-corrected chi connectivity index (χ0v) is 13.4. The molecule has 1 unspecified atom stereocenters. The van der Waals surface area contributed by atoms with Gasteiger partial charge >= 0.3 is 5.97 Å². The predicted octanol–water partition coefficient (Wildman–Crippen LogP) is 2.62. The molecule has 3 N–H and O–H groups in total. The number of amides is 1.